The van der Waals surface area contributed by atoms with Crippen molar-refractivity contribution in [2.75, 3.05) is 10.6 Å². The number of urea groups is 1. The summed E-state index contributed by atoms with van der Waals surface area (Å²) >= 11 is 0. The van der Waals surface area contributed by atoms with Gasteiger partial charge in [0, 0.05) is 18.8 Å². The quantitative estimate of drug-likeness (QED) is 0.816. The van der Waals surface area contributed by atoms with Crippen LogP contribution in [-0.4, -0.2) is 25.6 Å². The normalized spacial score (nSPS) is 12.4. The Morgan fingerprint density at radius 2 is 2.04 bits per heavy atom. The van der Waals surface area contributed by atoms with E-state index in [1.54, 1.807) is 18.5 Å². The van der Waals surface area contributed by atoms with Crippen LogP contribution in [0, 0.1) is 5.92 Å². The van der Waals surface area contributed by atoms with E-state index in [1.165, 1.54) is 0 Å². The summed E-state index contributed by atoms with van der Waals surface area (Å²) in [4.78, 5) is 12.1. The first-order valence-corrected chi connectivity index (χ1v) is 8.13. The molecule has 0 saturated carbocycles. The van der Waals surface area contributed by atoms with E-state index in [1.807, 2.05) is 15.6 Å². The third kappa shape index (κ3) is 4.84. The average molecular weight is 318 g/mol. The molecule has 0 aliphatic rings. The number of nitrogens with one attached hydrogen (secondary N) is 2. The van der Waals surface area contributed by atoms with Crippen molar-refractivity contribution in [3.63, 3.8) is 0 Å². The Hall–Kier alpha value is -2.31. The molecular weight excluding hydrogens is 292 g/mol. The molecular formula is C16H26N6O. The molecule has 0 bridgehead atoms. The molecule has 7 heteroatoms. The molecule has 0 radical (unpaired) electrons. The zero-order valence-corrected chi connectivity index (χ0v) is 14.3. The second-order valence-electron chi connectivity index (χ2n) is 6.21. The van der Waals surface area contributed by atoms with Crippen LogP contribution in [0.15, 0.2) is 24.7 Å². The van der Waals surface area contributed by atoms with Gasteiger partial charge in [-0.1, -0.05) is 20.8 Å². The number of aryl methyl sites for hydroxylation is 1. The lowest BCUT2D eigenvalue weighted by molar-refractivity contribution is 0.262. The molecule has 2 N–H and O–H groups in total. The lowest BCUT2D eigenvalue weighted by Crippen LogP contribution is -2.22. The van der Waals surface area contributed by atoms with Gasteiger partial charge in [0.2, 0.25) is 0 Å². The van der Waals surface area contributed by atoms with Gasteiger partial charge < -0.3 is 5.32 Å². The highest BCUT2D eigenvalue weighted by Gasteiger charge is 2.14. The Morgan fingerprint density at radius 3 is 2.74 bits per heavy atom. The highest BCUT2D eigenvalue weighted by Crippen LogP contribution is 2.20. The topological polar surface area (TPSA) is 76.8 Å². The van der Waals surface area contributed by atoms with Crippen molar-refractivity contribution in [2.45, 2.75) is 53.1 Å². The summed E-state index contributed by atoms with van der Waals surface area (Å²) in [6.07, 6.45) is 7.17. The fourth-order valence-corrected chi connectivity index (χ4v) is 2.60. The van der Waals surface area contributed by atoms with Crippen molar-refractivity contribution >= 4 is 17.5 Å². The number of anilines is 2. The second-order valence-corrected chi connectivity index (χ2v) is 6.21. The Balaban J connectivity index is 1.96. The summed E-state index contributed by atoms with van der Waals surface area (Å²) in [6, 6.07) is 1.74. The molecule has 2 aromatic rings. The fraction of sp³-hybridized carbons (Fsp3) is 0.562. The molecule has 126 valence electrons. The largest absolute Gasteiger partial charge is 0.324 e. The van der Waals surface area contributed by atoms with Crippen LogP contribution < -0.4 is 10.6 Å². The molecule has 2 amide bonds. The standard InChI is InChI=1S/C16H26N6O/c1-5-8-21-11-14(10-18-21)19-16(23)20-15-6-7-17-22(15)13(4)9-12(2)3/h6-7,10-13H,5,8-9H2,1-4H3,(H2,19,20,23)/t13-/m0/s1. The first kappa shape index (κ1) is 17.1. The number of carbonyl (C=O) groups is 1. The van der Waals surface area contributed by atoms with E-state index >= 15 is 0 Å². The van der Waals surface area contributed by atoms with Gasteiger partial charge in [-0.3, -0.25) is 10.00 Å². The first-order valence-electron chi connectivity index (χ1n) is 8.13. The van der Waals surface area contributed by atoms with Gasteiger partial charge in [0.25, 0.3) is 0 Å². The minimum Gasteiger partial charge on any atom is -0.305 e. The molecule has 0 fully saturated rings. The molecule has 2 rings (SSSR count). The SMILES string of the molecule is CCCn1cc(NC(=O)Nc2ccnn2[C@@H](C)CC(C)C)cn1. The maximum Gasteiger partial charge on any atom is 0.324 e. The van der Waals surface area contributed by atoms with Crippen molar-refractivity contribution in [1.29, 1.82) is 0 Å². The Bertz CT molecular complexity index is 630. The molecule has 0 aliphatic heterocycles. The van der Waals surface area contributed by atoms with Crippen molar-refractivity contribution in [3.05, 3.63) is 24.7 Å². The molecule has 2 aromatic heterocycles. The van der Waals surface area contributed by atoms with Gasteiger partial charge in [-0.25, -0.2) is 9.48 Å². The highest BCUT2D eigenvalue weighted by molar-refractivity contribution is 5.99. The van der Waals surface area contributed by atoms with Gasteiger partial charge in [0.15, 0.2) is 0 Å². The molecule has 7 nitrogen and oxygen atoms in total. The van der Waals surface area contributed by atoms with E-state index in [9.17, 15) is 4.79 Å². The van der Waals surface area contributed by atoms with Crippen molar-refractivity contribution in [2.24, 2.45) is 5.92 Å². The second kappa shape index (κ2) is 7.80. The van der Waals surface area contributed by atoms with Crippen LogP contribution in [0.2, 0.25) is 0 Å². The van der Waals surface area contributed by atoms with E-state index in [0.29, 0.717) is 17.4 Å². The number of carbonyl (C=O) groups excluding carboxylic acids is 1. The number of hydrogen-bond donors (Lipinski definition) is 2. The Labute approximate surface area is 137 Å². The van der Waals surface area contributed by atoms with Gasteiger partial charge in [-0.2, -0.15) is 10.2 Å². The van der Waals surface area contributed by atoms with Gasteiger partial charge in [-0.15, -0.1) is 0 Å². The zero-order valence-electron chi connectivity index (χ0n) is 14.3. The minimum absolute atomic E-state index is 0.229. The van der Waals surface area contributed by atoms with Crippen LogP contribution in [0.4, 0.5) is 16.3 Å². The van der Waals surface area contributed by atoms with Crippen molar-refractivity contribution in [1.82, 2.24) is 19.6 Å². The minimum atomic E-state index is -0.292. The zero-order chi connectivity index (χ0) is 16.8. The third-order valence-electron chi connectivity index (χ3n) is 3.49. The van der Waals surface area contributed by atoms with E-state index in [-0.39, 0.29) is 12.1 Å². The van der Waals surface area contributed by atoms with Crippen LogP contribution in [0.1, 0.15) is 46.6 Å². The number of amides is 2. The summed E-state index contributed by atoms with van der Waals surface area (Å²) < 4.78 is 3.66. The molecule has 0 saturated heterocycles. The van der Waals surface area contributed by atoms with Gasteiger partial charge in [-0.05, 0) is 25.7 Å². The van der Waals surface area contributed by atoms with E-state index in [0.717, 1.165) is 19.4 Å². The maximum absolute atomic E-state index is 12.1. The van der Waals surface area contributed by atoms with Crippen molar-refractivity contribution in [3.8, 4) is 0 Å². The summed E-state index contributed by atoms with van der Waals surface area (Å²) in [5.41, 5.74) is 0.678. The summed E-state index contributed by atoms with van der Waals surface area (Å²) in [5, 5.41) is 14.1. The summed E-state index contributed by atoms with van der Waals surface area (Å²) in [5.74, 6) is 1.26. The third-order valence-corrected chi connectivity index (χ3v) is 3.49. The van der Waals surface area contributed by atoms with E-state index < -0.39 is 0 Å². The number of hydrogen-bond acceptors (Lipinski definition) is 3. The molecule has 23 heavy (non-hydrogen) atoms. The van der Waals surface area contributed by atoms with Crippen LogP contribution in [0.3, 0.4) is 0 Å². The first-order chi connectivity index (χ1) is 11.0. The van der Waals surface area contributed by atoms with Crippen LogP contribution in [-0.2, 0) is 6.54 Å². The molecule has 2 heterocycles. The number of nitrogens with zero attached hydrogens (tertiary/aromatic N) is 4. The van der Waals surface area contributed by atoms with Gasteiger partial charge in [0.1, 0.15) is 5.82 Å². The van der Waals surface area contributed by atoms with Crippen molar-refractivity contribution < 1.29 is 4.79 Å². The molecule has 0 aliphatic carbocycles. The summed E-state index contributed by atoms with van der Waals surface area (Å²) in [6.45, 7) is 9.37. The van der Waals surface area contributed by atoms with Crippen LogP contribution in [0.25, 0.3) is 0 Å². The Morgan fingerprint density at radius 1 is 1.26 bits per heavy atom. The van der Waals surface area contributed by atoms with Crippen LogP contribution >= 0.6 is 0 Å². The smallest absolute Gasteiger partial charge is 0.305 e. The van der Waals surface area contributed by atoms with E-state index in [2.05, 4.69) is 48.5 Å². The van der Waals surface area contributed by atoms with Gasteiger partial charge >= 0.3 is 6.03 Å². The predicted molar refractivity (Wildman–Crippen MR) is 91.6 cm³/mol. The molecule has 1 atom stereocenters. The molecule has 0 spiro atoms. The molecule has 0 aromatic carbocycles. The predicted octanol–water partition coefficient (Wildman–Crippen LogP) is 3.74. The Kier molecular flexibility index (Phi) is 5.78. The molecule has 0 unspecified atom stereocenters. The fourth-order valence-electron chi connectivity index (χ4n) is 2.60. The summed E-state index contributed by atoms with van der Waals surface area (Å²) in [7, 11) is 0. The number of aromatic nitrogens is 4. The van der Waals surface area contributed by atoms with E-state index in [4.69, 9.17) is 0 Å². The highest BCUT2D eigenvalue weighted by atomic mass is 16.2. The average Bonchev–Trinajstić information content (AvgIpc) is 3.08. The van der Waals surface area contributed by atoms with Gasteiger partial charge in [0.05, 0.1) is 24.1 Å². The lowest BCUT2D eigenvalue weighted by Gasteiger charge is -2.17. The number of rotatable bonds is 7. The maximum atomic E-state index is 12.1. The monoisotopic (exact) mass is 318 g/mol. The van der Waals surface area contributed by atoms with Crippen LogP contribution in [0.5, 0.6) is 0 Å². The lowest BCUT2D eigenvalue weighted by atomic mass is 10.1.